The molecule has 1 saturated heterocycles. The molecule has 1 aliphatic heterocycles. The Balaban J connectivity index is 1.67. The van der Waals surface area contributed by atoms with Crippen molar-refractivity contribution in [3.05, 3.63) is 53.6 Å². The molecular formula is C17H20N4O4S. The lowest BCUT2D eigenvalue weighted by Gasteiger charge is -2.12. The molecule has 8 nitrogen and oxygen atoms in total. The van der Waals surface area contributed by atoms with Crippen molar-refractivity contribution in [3.8, 4) is 0 Å². The van der Waals surface area contributed by atoms with E-state index < -0.39 is 10.0 Å². The standard InChI is InChI=1S/C17H20N4O4S/c1-12-8-19-15(9-18-12)10-20-17(22)13-3-2-4-16(7-13)26(23,24)21-14-5-6-25-11-14/h2-4,7-9,14,21H,5-6,10-11H2,1H3,(H,20,22)/t14-/m1/s1. The number of amides is 1. The molecule has 2 N–H and O–H groups in total. The maximum absolute atomic E-state index is 12.5. The fraction of sp³-hybridized carbons (Fsp3) is 0.353. The lowest BCUT2D eigenvalue weighted by atomic mass is 10.2. The van der Waals surface area contributed by atoms with E-state index in [-0.39, 0.29) is 29.0 Å². The van der Waals surface area contributed by atoms with E-state index in [1.54, 1.807) is 24.5 Å². The van der Waals surface area contributed by atoms with Crippen LogP contribution in [0.25, 0.3) is 0 Å². The average molecular weight is 376 g/mol. The van der Waals surface area contributed by atoms with Crippen molar-refractivity contribution in [1.29, 1.82) is 0 Å². The minimum Gasteiger partial charge on any atom is -0.380 e. The van der Waals surface area contributed by atoms with Crippen LogP contribution in [0.2, 0.25) is 0 Å². The van der Waals surface area contributed by atoms with Crippen LogP contribution in [-0.2, 0) is 21.3 Å². The maximum atomic E-state index is 12.5. The van der Waals surface area contributed by atoms with E-state index in [2.05, 4.69) is 20.0 Å². The van der Waals surface area contributed by atoms with Crippen LogP contribution in [0.5, 0.6) is 0 Å². The zero-order valence-electron chi connectivity index (χ0n) is 14.3. The summed E-state index contributed by atoms with van der Waals surface area (Å²) in [5.41, 5.74) is 1.67. The van der Waals surface area contributed by atoms with Gasteiger partial charge in [0, 0.05) is 24.4 Å². The van der Waals surface area contributed by atoms with E-state index in [0.717, 1.165) is 5.69 Å². The summed E-state index contributed by atoms with van der Waals surface area (Å²) < 4.78 is 32.7. The van der Waals surface area contributed by atoms with Gasteiger partial charge in [0.2, 0.25) is 10.0 Å². The summed E-state index contributed by atoms with van der Waals surface area (Å²) in [4.78, 5) is 20.6. The van der Waals surface area contributed by atoms with Gasteiger partial charge in [0.05, 0.1) is 35.6 Å². The van der Waals surface area contributed by atoms with Crippen LogP contribution in [0.1, 0.15) is 28.2 Å². The topological polar surface area (TPSA) is 110 Å². The average Bonchev–Trinajstić information content (AvgIpc) is 3.13. The quantitative estimate of drug-likeness (QED) is 0.771. The molecule has 0 bridgehead atoms. The summed E-state index contributed by atoms with van der Waals surface area (Å²) in [6, 6.07) is 5.68. The zero-order valence-corrected chi connectivity index (χ0v) is 15.1. The van der Waals surface area contributed by atoms with Crippen LogP contribution in [0, 0.1) is 6.92 Å². The largest absolute Gasteiger partial charge is 0.380 e. The number of sulfonamides is 1. The highest BCUT2D eigenvalue weighted by Crippen LogP contribution is 2.14. The first-order valence-corrected chi connectivity index (χ1v) is 9.68. The van der Waals surface area contributed by atoms with E-state index in [0.29, 0.717) is 25.3 Å². The minimum absolute atomic E-state index is 0.0483. The fourth-order valence-corrected chi connectivity index (χ4v) is 3.80. The number of aromatic nitrogens is 2. The van der Waals surface area contributed by atoms with Gasteiger partial charge in [0.25, 0.3) is 5.91 Å². The molecule has 2 aromatic rings. The Labute approximate surface area is 152 Å². The molecular weight excluding hydrogens is 356 g/mol. The first-order valence-electron chi connectivity index (χ1n) is 8.20. The van der Waals surface area contributed by atoms with Crippen LogP contribution in [0.4, 0.5) is 0 Å². The Kier molecular flexibility index (Phi) is 5.60. The van der Waals surface area contributed by atoms with Crippen molar-refractivity contribution in [1.82, 2.24) is 20.0 Å². The number of hydrogen-bond acceptors (Lipinski definition) is 6. The molecule has 0 unspecified atom stereocenters. The molecule has 1 atom stereocenters. The van der Waals surface area contributed by atoms with E-state index in [4.69, 9.17) is 4.74 Å². The zero-order chi connectivity index (χ0) is 18.6. The van der Waals surface area contributed by atoms with E-state index >= 15 is 0 Å². The minimum atomic E-state index is -3.70. The van der Waals surface area contributed by atoms with Crippen molar-refractivity contribution in [2.45, 2.75) is 30.8 Å². The van der Waals surface area contributed by atoms with Gasteiger partial charge in [-0.15, -0.1) is 0 Å². The summed E-state index contributed by atoms with van der Waals surface area (Å²) in [6.45, 7) is 2.93. The molecule has 1 amide bonds. The predicted molar refractivity (Wildman–Crippen MR) is 93.9 cm³/mol. The second kappa shape index (κ2) is 7.90. The SMILES string of the molecule is Cc1cnc(CNC(=O)c2cccc(S(=O)(=O)N[C@@H]3CCOC3)c2)cn1. The van der Waals surface area contributed by atoms with E-state index in [1.165, 1.54) is 12.1 Å². The van der Waals surface area contributed by atoms with Gasteiger partial charge in [-0.05, 0) is 31.5 Å². The Morgan fingerprint density at radius 1 is 1.31 bits per heavy atom. The van der Waals surface area contributed by atoms with Crippen molar-refractivity contribution in [3.63, 3.8) is 0 Å². The Hall–Kier alpha value is -2.36. The van der Waals surface area contributed by atoms with Crippen LogP contribution in [-0.4, -0.2) is 43.5 Å². The smallest absolute Gasteiger partial charge is 0.251 e. The van der Waals surface area contributed by atoms with Crippen molar-refractivity contribution >= 4 is 15.9 Å². The third-order valence-electron chi connectivity index (χ3n) is 3.92. The van der Waals surface area contributed by atoms with Crippen molar-refractivity contribution < 1.29 is 17.9 Å². The number of hydrogen-bond donors (Lipinski definition) is 2. The van der Waals surface area contributed by atoms with Crippen molar-refractivity contribution in [2.24, 2.45) is 0 Å². The Morgan fingerprint density at radius 3 is 2.85 bits per heavy atom. The van der Waals surface area contributed by atoms with Crippen molar-refractivity contribution in [2.75, 3.05) is 13.2 Å². The first-order chi connectivity index (χ1) is 12.4. The van der Waals surface area contributed by atoms with Gasteiger partial charge >= 0.3 is 0 Å². The Morgan fingerprint density at radius 2 is 2.15 bits per heavy atom. The van der Waals surface area contributed by atoms with Crippen LogP contribution >= 0.6 is 0 Å². The Bertz CT molecular complexity index is 878. The molecule has 138 valence electrons. The third-order valence-corrected chi connectivity index (χ3v) is 5.44. The number of nitrogens with one attached hydrogen (secondary N) is 2. The molecule has 9 heteroatoms. The molecule has 1 aromatic heterocycles. The number of nitrogens with zero attached hydrogens (tertiary/aromatic N) is 2. The molecule has 1 fully saturated rings. The molecule has 1 aliphatic rings. The number of rotatable bonds is 6. The first kappa shape index (κ1) is 18.4. The molecule has 0 saturated carbocycles. The normalized spacial score (nSPS) is 17.2. The molecule has 0 radical (unpaired) electrons. The number of carbonyl (C=O) groups excluding carboxylic acids is 1. The monoisotopic (exact) mass is 376 g/mol. The van der Waals surface area contributed by atoms with Gasteiger partial charge in [-0.3, -0.25) is 14.8 Å². The summed E-state index contributed by atoms with van der Waals surface area (Å²) >= 11 is 0. The van der Waals surface area contributed by atoms with Gasteiger partial charge in [0.1, 0.15) is 0 Å². The second-order valence-corrected chi connectivity index (χ2v) is 7.76. The maximum Gasteiger partial charge on any atom is 0.251 e. The molecule has 3 rings (SSSR count). The van der Waals surface area contributed by atoms with Crippen LogP contribution in [0.3, 0.4) is 0 Å². The number of benzene rings is 1. The van der Waals surface area contributed by atoms with Gasteiger partial charge in [-0.1, -0.05) is 6.07 Å². The third kappa shape index (κ3) is 4.63. The fourth-order valence-electron chi connectivity index (χ4n) is 2.50. The summed E-state index contributed by atoms with van der Waals surface area (Å²) in [5, 5.41) is 2.71. The summed E-state index contributed by atoms with van der Waals surface area (Å²) in [6.07, 6.45) is 3.84. The highest BCUT2D eigenvalue weighted by molar-refractivity contribution is 7.89. The van der Waals surface area contributed by atoms with Gasteiger partial charge in [0.15, 0.2) is 0 Å². The van der Waals surface area contributed by atoms with Crippen LogP contribution in [0.15, 0.2) is 41.6 Å². The van der Waals surface area contributed by atoms with Gasteiger partial charge in [-0.25, -0.2) is 13.1 Å². The van der Waals surface area contributed by atoms with E-state index in [1.807, 2.05) is 6.92 Å². The molecule has 0 aliphatic carbocycles. The molecule has 0 spiro atoms. The highest BCUT2D eigenvalue weighted by Gasteiger charge is 2.24. The number of ether oxygens (including phenoxy) is 1. The lowest BCUT2D eigenvalue weighted by molar-refractivity contribution is 0.0950. The molecule has 1 aromatic carbocycles. The molecule has 2 heterocycles. The van der Waals surface area contributed by atoms with E-state index in [9.17, 15) is 13.2 Å². The summed E-state index contributed by atoms with van der Waals surface area (Å²) in [5.74, 6) is -0.381. The van der Waals surface area contributed by atoms with Crippen LogP contribution < -0.4 is 10.0 Å². The molecule has 26 heavy (non-hydrogen) atoms. The van der Waals surface area contributed by atoms with Gasteiger partial charge in [-0.2, -0.15) is 0 Å². The lowest BCUT2D eigenvalue weighted by Crippen LogP contribution is -2.35. The predicted octanol–water partition coefficient (Wildman–Crippen LogP) is 0.782. The summed E-state index contributed by atoms with van der Waals surface area (Å²) in [7, 11) is -3.70. The second-order valence-electron chi connectivity index (χ2n) is 6.04. The number of aryl methyl sites for hydroxylation is 1. The highest BCUT2D eigenvalue weighted by atomic mass is 32.2. The van der Waals surface area contributed by atoms with Gasteiger partial charge < -0.3 is 10.1 Å². The number of carbonyl (C=O) groups is 1.